The first-order valence-corrected chi connectivity index (χ1v) is 10.6. The third kappa shape index (κ3) is 4.12. The van der Waals surface area contributed by atoms with Gasteiger partial charge >= 0.3 is 12.1 Å². The van der Waals surface area contributed by atoms with Gasteiger partial charge in [0.2, 0.25) is 0 Å². The molecule has 2 aromatic heterocycles. The molecule has 7 nitrogen and oxygen atoms in total. The zero-order chi connectivity index (χ0) is 20.4. The van der Waals surface area contributed by atoms with E-state index in [0.29, 0.717) is 34.4 Å². The van der Waals surface area contributed by atoms with Gasteiger partial charge in [0.1, 0.15) is 9.34 Å². The second-order valence-corrected chi connectivity index (χ2v) is 9.15. The number of methoxy groups -OCH3 is 1. The molecule has 150 valence electrons. The number of anilines is 1. The van der Waals surface area contributed by atoms with Crippen molar-refractivity contribution < 1.29 is 23.9 Å². The minimum absolute atomic E-state index is 0.229. The molecule has 0 aromatic carbocycles. The molecular formula is C17H16Cl2N2O5S2. The summed E-state index contributed by atoms with van der Waals surface area (Å²) in [6, 6.07) is 1.47. The first-order valence-electron chi connectivity index (χ1n) is 8.26. The summed E-state index contributed by atoms with van der Waals surface area (Å²) in [5, 5.41) is 3.08. The Kier molecular flexibility index (Phi) is 6.49. The number of carbonyl (C=O) groups is 3. The van der Waals surface area contributed by atoms with Gasteiger partial charge in [-0.25, -0.2) is 9.59 Å². The second kappa shape index (κ2) is 8.69. The van der Waals surface area contributed by atoms with Crippen LogP contribution in [0.15, 0.2) is 6.07 Å². The molecule has 0 bridgehead atoms. The van der Waals surface area contributed by atoms with Crippen LogP contribution < -0.4 is 5.32 Å². The number of fused-ring (bicyclic) bond motifs is 1. The Balaban J connectivity index is 1.91. The van der Waals surface area contributed by atoms with E-state index in [1.54, 1.807) is 11.8 Å². The van der Waals surface area contributed by atoms with E-state index in [4.69, 9.17) is 32.7 Å². The third-order valence-electron chi connectivity index (χ3n) is 4.10. The fourth-order valence-electron chi connectivity index (χ4n) is 2.85. The van der Waals surface area contributed by atoms with Crippen LogP contribution in [-0.4, -0.2) is 43.1 Å². The van der Waals surface area contributed by atoms with Gasteiger partial charge in [0, 0.05) is 11.4 Å². The standard InChI is InChI=1S/C17H16Cl2N2O5S2/c1-3-26-17(24)21-5-4-8-10(7-21)27-15(12(8)16(23)25-2)20-14(22)9-6-11(18)28-13(9)19/h6H,3-5,7H2,1-2H3,(H,20,22). The molecule has 2 amide bonds. The summed E-state index contributed by atoms with van der Waals surface area (Å²) in [6.07, 6.45) is 0.0437. The quantitative estimate of drug-likeness (QED) is 0.667. The number of hydrogen-bond acceptors (Lipinski definition) is 7. The van der Waals surface area contributed by atoms with Gasteiger partial charge < -0.3 is 19.7 Å². The van der Waals surface area contributed by atoms with Crippen LogP contribution in [0.2, 0.25) is 8.67 Å². The average molecular weight is 463 g/mol. The van der Waals surface area contributed by atoms with E-state index in [0.717, 1.165) is 21.8 Å². The lowest BCUT2D eigenvalue weighted by atomic mass is 10.0. The number of halogens is 2. The molecule has 1 aliphatic rings. The highest BCUT2D eigenvalue weighted by Gasteiger charge is 2.31. The van der Waals surface area contributed by atoms with Crippen LogP contribution in [-0.2, 0) is 22.4 Å². The van der Waals surface area contributed by atoms with E-state index < -0.39 is 18.0 Å². The fourth-order valence-corrected chi connectivity index (χ4v) is 5.55. The maximum absolute atomic E-state index is 12.6. The molecule has 2 aromatic rings. The van der Waals surface area contributed by atoms with Crippen molar-refractivity contribution in [3.8, 4) is 0 Å². The molecule has 3 rings (SSSR count). The van der Waals surface area contributed by atoms with Crippen molar-refractivity contribution in [2.75, 3.05) is 25.6 Å². The maximum Gasteiger partial charge on any atom is 0.410 e. The lowest BCUT2D eigenvalue weighted by molar-refractivity contribution is 0.0600. The number of hydrogen-bond donors (Lipinski definition) is 1. The van der Waals surface area contributed by atoms with E-state index in [1.807, 2.05) is 0 Å². The molecule has 0 radical (unpaired) electrons. The topological polar surface area (TPSA) is 84.9 Å². The molecule has 0 saturated heterocycles. The predicted octanol–water partition coefficient (Wildman–Crippen LogP) is 4.67. The summed E-state index contributed by atoms with van der Waals surface area (Å²) in [5.41, 5.74) is 1.30. The number of esters is 1. The van der Waals surface area contributed by atoms with Crippen LogP contribution in [0.5, 0.6) is 0 Å². The molecule has 1 aliphatic heterocycles. The average Bonchev–Trinajstić information content (AvgIpc) is 3.19. The Hall–Kier alpha value is -1.81. The second-order valence-electron chi connectivity index (χ2n) is 5.76. The smallest absolute Gasteiger partial charge is 0.410 e. The van der Waals surface area contributed by atoms with E-state index in [2.05, 4.69) is 5.32 Å². The molecule has 0 saturated carbocycles. The highest BCUT2D eigenvalue weighted by Crippen LogP contribution is 2.39. The van der Waals surface area contributed by atoms with Gasteiger partial charge in [-0.1, -0.05) is 23.2 Å². The number of nitrogens with one attached hydrogen (secondary N) is 1. The maximum atomic E-state index is 12.6. The predicted molar refractivity (Wildman–Crippen MR) is 109 cm³/mol. The normalized spacial score (nSPS) is 13.1. The van der Waals surface area contributed by atoms with Gasteiger partial charge in [-0.05, 0) is 25.0 Å². The summed E-state index contributed by atoms with van der Waals surface area (Å²) in [4.78, 5) is 39.3. The van der Waals surface area contributed by atoms with E-state index >= 15 is 0 Å². The molecule has 3 heterocycles. The van der Waals surface area contributed by atoms with Crippen LogP contribution in [0.3, 0.4) is 0 Å². The van der Waals surface area contributed by atoms with E-state index in [9.17, 15) is 14.4 Å². The molecule has 0 atom stereocenters. The van der Waals surface area contributed by atoms with Crippen LogP contribution in [0.1, 0.15) is 38.1 Å². The Morgan fingerprint density at radius 1 is 1.29 bits per heavy atom. The minimum Gasteiger partial charge on any atom is -0.465 e. The lowest BCUT2D eigenvalue weighted by Crippen LogP contribution is -2.36. The number of ether oxygens (including phenoxy) is 2. The molecule has 0 spiro atoms. The molecular weight excluding hydrogens is 447 g/mol. The largest absolute Gasteiger partial charge is 0.465 e. The number of amides is 2. The van der Waals surface area contributed by atoms with Crippen molar-refractivity contribution >= 4 is 68.8 Å². The SMILES string of the molecule is CCOC(=O)N1CCc2c(sc(NC(=O)c3cc(Cl)sc3Cl)c2C(=O)OC)C1. The first kappa shape index (κ1) is 20.9. The van der Waals surface area contributed by atoms with Crippen LogP contribution >= 0.6 is 45.9 Å². The minimum atomic E-state index is -0.549. The van der Waals surface area contributed by atoms with Crippen molar-refractivity contribution in [1.82, 2.24) is 4.90 Å². The number of thiophene rings is 2. The Morgan fingerprint density at radius 2 is 2.04 bits per heavy atom. The number of nitrogens with zero attached hydrogens (tertiary/aromatic N) is 1. The van der Waals surface area contributed by atoms with Crippen molar-refractivity contribution in [1.29, 1.82) is 0 Å². The molecule has 11 heteroatoms. The molecule has 28 heavy (non-hydrogen) atoms. The van der Waals surface area contributed by atoms with E-state index in [1.165, 1.54) is 24.5 Å². The van der Waals surface area contributed by atoms with Crippen molar-refractivity contribution in [3.63, 3.8) is 0 Å². The summed E-state index contributed by atoms with van der Waals surface area (Å²) >= 11 is 14.3. The lowest BCUT2D eigenvalue weighted by Gasteiger charge is -2.26. The van der Waals surface area contributed by atoms with Gasteiger partial charge in [0.15, 0.2) is 0 Å². The van der Waals surface area contributed by atoms with Crippen molar-refractivity contribution in [3.05, 3.63) is 36.3 Å². The van der Waals surface area contributed by atoms with Gasteiger partial charge in [0.25, 0.3) is 5.91 Å². The van der Waals surface area contributed by atoms with Gasteiger partial charge in [-0.3, -0.25) is 4.79 Å². The molecule has 0 fully saturated rings. The van der Waals surface area contributed by atoms with Crippen molar-refractivity contribution in [2.45, 2.75) is 19.9 Å². The zero-order valence-corrected chi connectivity index (χ0v) is 18.1. The molecule has 1 N–H and O–H groups in total. The molecule has 0 aliphatic carbocycles. The highest BCUT2D eigenvalue weighted by molar-refractivity contribution is 7.20. The van der Waals surface area contributed by atoms with Crippen molar-refractivity contribution in [2.24, 2.45) is 0 Å². The van der Waals surface area contributed by atoms with Gasteiger partial charge in [0.05, 0.1) is 35.7 Å². The summed E-state index contributed by atoms with van der Waals surface area (Å²) in [7, 11) is 1.28. The Labute approximate surface area is 179 Å². The van der Waals surface area contributed by atoms with Crippen LogP contribution in [0.25, 0.3) is 0 Å². The third-order valence-corrected chi connectivity index (χ3v) is 6.72. The molecule has 0 unspecified atom stereocenters. The number of carbonyl (C=O) groups excluding carboxylic acids is 3. The van der Waals surface area contributed by atoms with Crippen LogP contribution in [0, 0.1) is 0 Å². The monoisotopic (exact) mass is 462 g/mol. The summed E-state index contributed by atoms with van der Waals surface area (Å²) < 4.78 is 10.6. The summed E-state index contributed by atoms with van der Waals surface area (Å²) in [5.74, 6) is -1.02. The highest BCUT2D eigenvalue weighted by atomic mass is 35.5. The Morgan fingerprint density at radius 3 is 2.64 bits per heavy atom. The fraction of sp³-hybridized carbons (Fsp3) is 0.353. The van der Waals surface area contributed by atoms with Gasteiger partial charge in [-0.15, -0.1) is 22.7 Å². The van der Waals surface area contributed by atoms with E-state index in [-0.39, 0.29) is 16.5 Å². The Bertz CT molecular complexity index is 940. The summed E-state index contributed by atoms with van der Waals surface area (Å²) in [6.45, 7) is 2.73. The zero-order valence-electron chi connectivity index (χ0n) is 15.0. The van der Waals surface area contributed by atoms with Gasteiger partial charge in [-0.2, -0.15) is 0 Å². The van der Waals surface area contributed by atoms with Crippen LogP contribution in [0.4, 0.5) is 9.80 Å². The number of rotatable bonds is 4. The first-order chi connectivity index (χ1) is 13.3.